The Bertz CT molecular complexity index is 429. The van der Waals surface area contributed by atoms with Crippen LogP contribution in [0.4, 0.5) is 0 Å². The number of nitrogens with one attached hydrogen (secondary N) is 1. The van der Waals surface area contributed by atoms with Gasteiger partial charge in [-0.2, -0.15) is 0 Å². The Hall–Kier alpha value is -0.860. The van der Waals surface area contributed by atoms with E-state index in [-0.39, 0.29) is 6.04 Å². The summed E-state index contributed by atoms with van der Waals surface area (Å²) in [6.07, 6.45) is 13.4. The van der Waals surface area contributed by atoms with Crippen LogP contribution in [0.3, 0.4) is 0 Å². The maximum absolute atomic E-state index is 6.33. The van der Waals surface area contributed by atoms with E-state index in [1.165, 1.54) is 43.2 Å². The molecule has 0 amide bonds. The molecule has 1 aromatic rings. The number of aromatic nitrogens is 1. The fourth-order valence-corrected chi connectivity index (χ4v) is 2.88. The number of nitrogens with zero attached hydrogens (tertiary/aromatic N) is 1. The third-order valence-corrected chi connectivity index (χ3v) is 3.98. The smallest absolute Gasteiger partial charge is 0.0640 e. The number of halogens is 1. The molecule has 1 heterocycles. The summed E-state index contributed by atoms with van der Waals surface area (Å²) in [6.45, 7) is 3.21. The van der Waals surface area contributed by atoms with Crippen molar-refractivity contribution in [1.82, 2.24) is 10.3 Å². The van der Waals surface area contributed by atoms with Crippen molar-refractivity contribution in [2.24, 2.45) is 0 Å². The number of allylic oxidation sites excluding steroid dienone is 1. The van der Waals surface area contributed by atoms with Crippen molar-refractivity contribution in [3.8, 4) is 0 Å². The van der Waals surface area contributed by atoms with Crippen molar-refractivity contribution in [2.75, 3.05) is 6.54 Å². The van der Waals surface area contributed by atoms with E-state index < -0.39 is 0 Å². The lowest BCUT2D eigenvalue weighted by Crippen LogP contribution is -2.24. The lowest BCUT2D eigenvalue weighted by molar-refractivity contribution is 0.567. The minimum Gasteiger partial charge on any atom is -0.306 e. The lowest BCUT2D eigenvalue weighted by Gasteiger charge is -2.23. The molecule has 19 heavy (non-hydrogen) atoms. The third kappa shape index (κ3) is 4.05. The molecule has 0 saturated carbocycles. The molecule has 0 aliphatic heterocycles. The summed E-state index contributed by atoms with van der Waals surface area (Å²) in [5.74, 6) is 0. The van der Waals surface area contributed by atoms with Crippen molar-refractivity contribution >= 4 is 11.6 Å². The first kappa shape index (κ1) is 14.5. The summed E-state index contributed by atoms with van der Waals surface area (Å²) in [5, 5.41) is 4.41. The van der Waals surface area contributed by atoms with Crippen LogP contribution < -0.4 is 5.32 Å². The van der Waals surface area contributed by atoms with Crippen LogP contribution in [0.2, 0.25) is 5.02 Å². The van der Waals surface area contributed by atoms with E-state index in [4.69, 9.17) is 11.6 Å². The monoisotopic (exact) mass is 278 g/mol. The van der Waals surface area contributed by atoms with Crippen molar-refractivity contribution in [1.29, 1.82) is 0 Å². The van der Waals surface area contributed by atoms with Gasteiger partial charge in [-0.15, -0.1) is 0 Å². The molecule has 1 unspecified atom stereocenters. The summed E-state index contributed by atoms with van der Waals surface area (Å²) in [7, 11) is 0. The van der Waals surface area contributed by atoms with E-state index in [2.05, 4.69) is 23.3 Å². The maximum atomic E-state index is 6.33. The highest BCUT2D eigenvalue weighted by molar-refractivity contribution is 6.31. The number of hydrogen-bond acceptors (Lipinski definition) is 2. The predicted octanol–water partition coefficient (Wildman–Crippen LogP) is 4.67. The highest BCUT2D eigenvalue weighted by atomic mass is 35.5. The first-order valence-electron chi connectivity index (χ1n) is 7.34. The largest absolute Gasteiger partial charge is 0.306 e. The fraction of sp³-hybridized carbons (Fsp3) is 0.562. The Morgan fingerprint density at radius 2 is 2.26 bits per heavy atom. The second-order valence-electron chi connectivity index (χ2n) is 5.16. The highest BCUT2D eigenvalue weighted by Gasteiger charge is 2.19. The topological polar surface area (TPSA) is 24.9 Å². The average Bonchev–Trinajstić information content (AvgIpc) is 2.70. The Morgan fingerprint density at radius 1 is 1.37 bits per heavy atom. The fourth-order valence-electron chi connectivity index (χ4n) is 2.65. The molecule has 1 aliphatic rings. The minimum atomic E-state index is 0.258. The van der Waals surface area contributed by atoms with Gasteiger partial charge < -0.3 is 5.32 Å². The molecular weight excluding hydrogens is 256 g/mol. The molecule has 2 nitrogen and oxygen atoms in total. The summed E-state index contributed by atoms with van der Waals surface area (Å²) in [4.78, 5) is 4.09. The zero-order chi connectivity index (χ0) is 13.5. The molecule has 1 atom stereocenters. The van der Waals surface area contributed by atoms with Crippen LogP contribution in [-0.4, -0.2) is 11.5 Å². The van der Waals surface area contributed by atoms with Crippen molar-refractivity contribution in [2.45, 2.75) is 51.5 Å². The van der Waals surface area contributed by atoms with E-state index in [0.29, 0.717) is 0 Å². The molecule has 1 aliphatic carbocycles. The summed E-state index contributed by atoms with van der Waals surface area (Å²) in [6, 6.07) is 2.30. The van der Waals surface area contributed by atoms with Crippen molar-refractivity contribution in [3.63, 3.8) is 0 Å². The van der Waals surface area contributed by atoms with E-state index in [9.17, 15) is 0 Å². The van der Waals surface area contributed by atoms with Gasteiger partial charge in [-0.3, -0.25) is 4.98 Å². The van der Waals surface area contributed by atoms with Crippen LogP contribution >= 0.6 is 11.6 Å². The van der Waals surface area contributed by atoms with Gasteiger partial charge in [-0.25, -0.2) is 0 Å². The number of pyridine rings is 1. The SMILES string of the molecule is CCCNC(C1=CCCCCC1)c1ccncc1Cl. The normalized spacial score (nSPS) is 17.7. The second-order valence-corrected chi connectivity index (χ2v) is 5.57. The molecule has 2 rings (SSSR count). The van der Waals surface area contributed by atoms with E-state index in [0.717, 1.165) is 18.0 Å². The number of hydrogen-bond donors (Lipinski definition) is 1. The molecule has 0 spiro atoms. The van der Waals surface area contributed by atoms with Gasteiger partial charge in [0.25, 0.3) is 0 Å². The molecule has 1 N–H and O–H groups in total. The van der Waals surface area contributed by atoms with Crippen LogP contribution in [0.15, 0.2) is 30.1 Å². The highest BCUT2D eigenvalue weighted by Crippen LogP contribution is 2.32. The molecule has 3 heteroatoms. The molecule has 0 saturated heterocycles. The third-order valence-electron chi connectivity index (χ3n) is 3.66. The van der Waals surface area contributed by atoms with Gasteiger partial charge in [-0.05, 0) is 50.3 Å². The lowest BCUT2D eigenvalue weighted by atomic mass is 9.95. The molecule has 0 aromatic carbocycles. The van der Waals surface area contributed by atoms with E-state index in [1.807, 2.05) is 12.3 Å². The van der Waals surface area contributed by atoms with Crippen molar-refractivity contribution in [3.05, 3.63) is 40.7 Å². The molecule has 0 radical (unpaired) electrons. The van der Waals surface area contributed by atoms with Gasteiger partial charge in [0.15, 0.2) is 0 Å². The van der Waals surface area contributed by atoms with Crippen LogP contribution in [0.5, 0.6) is 0 Å². The van der Waals surface area contributed by atoms with Gasteiger partial charge in [0.2, 0.25) is 0 Å². The summed E-state index contributed by atoms with van der Waals surface area (Å²) >= 11 is 6.33. The van der Waals surface area contributed by atoms with Crippen molar-refractivity contribution < 1.29 is 0 Å². The van der Waals surface area contributed by atoms with Crippen LogP contribution in [0, 0.1) is 0 Å². The maximum Gasteiger partial charge on any atom is 0.0640 e. The summed E-state index contributed by atoms with van der Waals surface area (Å²) < 4.78 is 0. The Morgan fingerprint density at radius 3 is 3.05 bits per heavy atom. The zero-order valence-electron chi connectivity index (χ0n) is 11.7. The summed E-state index contributed by atoms with van der Waals surface area (Å²) in [5.41, 5.74) is 2.66. The minimum absolute atomic E-state index is 0.258. The van der Waals surface area contributed by atoms with Crippen LogP contribution in [-0.2, 0) is 0 Å². The standard InChI is InChI=1S/C16H23ClN2/c1-2-10-19-16(13-7-5-3-4-6-8-13)14-9-11-18-12-15(14)17/h7,9,11-12,16,19H,2-6,8,10H2,1H3. The Kier molecular flexibility index (Phi) is 5.87. The predicted molar refractivity (Wildman–Crippen MR) is 81.4 cm³/mol. The van der Waals surface area contributed by atoms with Crippen LogP contribution in [0.25, 0.3) is 0 Å². The zero-order valence-corrected chi connectivity index (χ0v) is 12.4. The van der Waals surface area contributed by atoms with Crippen LogP contribution in [0.1, 0.15) is 57.1 Å². The molecular formula is C16H23ClN2. The van der Waals surface area contributed by atoms with E-state index in [1.54, 1.807) is 6.20 Å². The first-order chi connectivity index (χ1) is 9.33. The Balaban J connectivity index is 2.24. The van der Waals surface area contributed by atoms with E-state index >= 15 is 0 Å². The molecule has 0 fully saturated rings. The van der Waals surface area contributed by atoms with Gasteiger partial charge in [0.1, 0.15) is 0 Å². The van der Waals surface area contributed by atoms with Gasteiger partial charge in [-0.1, -0.05) is 36.6 Å². The molecule has 0 bridgehead atoms. The first-order valence-corrected chi connectivity index (χ1v) is 7.72. The average molecular weight is 279 g/mol. The Labute approximate surface area is 121 Å². The van der Waals surface area contributed by atoms with Gasteiger partial charge in [0.05, 0.1) is 11.1 Å². The quantitative estimate of drug-likeness (QED) is 0.792. The molecule has 1 aromatic heterocycles. The van der Waals surface area contributed by atoms with Gasteiger partial charge in [0, 0.05) is 12.4 Å². The molecule has 104 valence electrons. The van der Waals surface area contributed by atoms with Gasteiger partial charge >= 0.3 is 0 Å². The second kappa shape index (κ2) is 7.66. The number of rotatable bonds is 5.